The molecule has 0 aliphatic rings. The molecule has 1 unspecified atom stereocenters. The number of esters is 1. The summed E-state index contributed by atoms with van der Waals surface area (Å²) in [6, 6.07) is 0. The predicted molar refractivity (Wildman–Crippen MR) is 79.3 cm³/mol. The lowest BCUT2D eigenvalue weighted by atomic mass is 10.1. The average molecular weight is 282 g/mol. The lowest BCUT2D eigenvalue weighted by Crippen LogP contribution is -2.16. The highest BCUT2D eigenvalue weighted by Gasteiger charge is 2.13. The molecule has 0 saturated carbocycles. The predicted octanol–water partition coefficient (Wildman–Crippen LogP) is 2.95. The molecule has 0 amide bonds. The van der Waals surface area contributed by atoms with E-state index in [1.807, 2.05) is 12.2 Å². The van der Waals surface area contributed by atoms with Crippen LogP contribution in [0.25, 0.3) is 0 Å². The zero-order valence-corrected chi connectivity index (χ0v) is 12.5. The summed E-state index contributed by atoms with van der Waals surface area (Å²) in [6.07, 6.45) is 10.6. The third-order valence-corrected chi connectivity index (χ3v) is 2.64. The fourth-order valence-electron chi connectivity index (χ4n) is 1.63. The van der Waals surface area contributed by atoms with E-state index in [9.17, 15) is 14.7 Å². The highest BCUT2D eigenvalue weighted by molar-refractivity contribution is 5.95. The zero-order chi connectivity index (χ0) is 15.2. The van der Waals surface area contributed by atoms with Crippen molar-refractivity contribution >= 4 is 11.8 Å². The van der Waals surface area contributed by atoms with E-state index in [-0.39, 0.29) is 25.2 Å². The molecule has 0 aromatic carbocycles. The minimum atomic E-state index is -0.850. The van der Waals surface area contributed by atoms with E-state index < -0.39 is 12.1 Å². The molecule has 0 aromatic heterocycles. The SMILES string of the molecule is CCCCCC=CC=CC(O)CC(=O)CC(=O)OCC. The van der Waals surface area contributed by atoms with Gasteiger partial charge in [0.15, 0.2) is 0 Å². The number of rotatable bonds is 11. The minimum absolute atomic E-state index is 0.0566. The van der Waals surface area contributed by atoms with E-state index in [4.69, 9.17) is 0 Å². The first-order chi connectivity index (χ1) is 9.60. The molecule has 4 nitrogen and oxygen atoms in total. The van der Waals surface area contributed by atoms with E-state index in [1.54, 1.807) is 19.1 Å². The van der Waals surface area contributed by atoms with Gasteiger partial charge in [0.05, 0.1) is 12.7 Å². The van der Waals surface area contributed by atoms with Gasteiger partial charge in [-0.1, -0.05) is 44.1 Å². The van der Waals surface area contributed by atoms with Crippen LogP contribution < -0.4 is 0 Å². The minimum Gasteiger partial charge on any atom is -0.466 e. The van der Waals surface area contributed by atoms with Crippen LogP contribution in [0.3, 0.4) is 0 Å². The van der Waals surface area contributed by atoms with Gasteiger partial charge in [-0.25, -0.2) is 0 Å². The molecule has 0 aromatic rings. The number of hydrogen-bond donors (Lipinski definition) is 1. The molecule has 20 heavy (non-hydrogen) atoms. The van der Waals surface area contributed by atoms with Crippen LogP contribution in [-0.2, 0) is 14.3 Å². The zero-order valence-electron chi connectivity index (χ0n) is 12.5. The monoisotopic (exact) mass is 282 g/mol. The summed E-state index contributed by atoms with van der Waals surface area (Å²) in [5.74, 6) is -0.850. The van der Waals surface area contributed by atoms with Gasteiger partial charge < -0.3 is 9.84 Å². The molecule has 1 N–H and O–H groups in total. The Morgan fingerprint density at radius 1 is 1.20 bits per heavy atom. The summed E-state index contributed by atoms with van der Waals surface area (Å²) < 4.78 is 4.67. The fourth-order valence-corrected chi connectivity index (χ4v) is 1.63. The second-order valence-electron chi connectivity index (χ2n) is 4.60. The van der Waals surface area contributed by atoms with Crippen LogP contribution >= 0.6 is 0 Å². The standard InChI is InChI=1S/C16H26O4/c1-3-5-6-7-8-9-10-11-14(17)12-15(18)13-16(19)20-4-2/h8-11,14,17H,3-7,12-13H2,1-2H3. The van der Waals surface area contributed by atoms with Crippen molar-refractivity contribution in [2.45, 2.75) is 58.5 Å². The van der Waals surface area contributed by atoms with Gasteiger partial charge in [-0.05, 0) is 19.8 Å². The van der Waals surface area contributed by atoms with E-state index >= 15 is 0 Å². The Bertz CT molecular complexity index is 331. The summed E-state index contributed by atoms with van der Waals surface area (Å²) in [5.41, 5.74) is 0. The number of carbonyl (C=O) groups excluding carboxylic acids is 2. The maximum atomic E-state index is 11.4. The molecule has 0 radical (unpaired) electrons. The van der Waals surface area contributed by atoms with Gasteiger partial charge in [0, 0.05) is 6.42 Å². The lowest BCUT2D eigenvalue weighted by molar-refractivity contribution is -0.145. The van der Waals surface area contributed by atoms with Gasteiger partial charge in [-0.15, -0.1) is 0 Å². The van der Waals surface area contributed by atoms with Crippen LogP contribution in [0.4, 0.5) is 0 Å². The molecule has 0 bridgehead atoms. The number of carbonyl (C=O) groups is 2. The normalized spacial score (nSPS) is 12.9. The summed E-state index contributed by atoms with van der Waals surface area (Å²) in [6.45, 7) is 4.11. The third-order valence-electron chi connectivity index (χ3n) is 2.64. The van der Waals surface area contributed by atoms with E-state index in [1.165, 1.54) is 19.3 Å². The Labute approximate surface area is 121 Å². The summed E-state index contributed by atoms with van der Waals surface area (Å²) in [5, 5.41) is 9.61. The Morgan fingerprint density at radius 2 is 1.95 bits per heavy atom. The molecule has 4 heteroatoms. The van der Waals surface area contributed by atoms with Gasteiger partial charge in [0.2, 0.25) is 0 Å². The number of hydrogen-bond acceptors (Lipinski definition) is 4. The second-order valence-corrected chi connectivity index (χ2v) is 4.60. The second kappa shape index (κ2) is 12.6. The van der Waals surface area contributed by atoms with Crippen molar-refractivity contribution in [3.8, 4) is 0 Å². The molecule has 0 aliphatic heterocycles. The van der Waals surface area contributed by atoms with Crippen LogP contribution in [0, 0.1) is 0 Å². The number of aliphatic hydroxyl groups is 1. The molecular weight excluding hydrogens is 256 g/mol. The van der Waals surface area contributed by atoms with Gasteiger partial charge in [-0.3, -0.25) is 9.59 Å². The van der Waals surface area contributed by atoms with Crippen molar-refractivity contribution in [1.82, 2.24) is 0 Å². The summed E-state index contributed by atoms with van der Waals surface area (Å²) >= 11 is 0. The molecule has 114 valence electrons. The number of ketones is 1. The van der Waals surface area contributed by atoms with Crippen LogP contribution in [0.1, 0.15) is 52.4 Å². The van der Waals surface area contributed by atoms with E-state index in [2.05, 4.69) is 11.7 Å². The smallest absolute Gasteiger partial charge is 0.313 e. The van der Waals surface area contributed by atoms with Gasteiger partial charge in [-0.2, -0.15) is 0 Å². The van der Waals surface area contributed by atoms with Gasteiger partial charge in [0.25, 0.3) is 0 Å². The number of aliphatic hydroxyl groups excluding tert-OH is 1. The van der Waals surface area contributed by atoms with Crippen molar-refractivity contribution in [3.63, 3.8) is 0 Å². The van der Waals surface area contributed by atoms with Crippen molar-refractivity contribution in [1.29, 1.82) is 0 Å². The van der Waals surface area contributed by atoms with Crippen molar-refractivity contribution in [3.05, 3.63) is 24.3 Å². The van der Waals surface area contributed by atoms with E-state index in [0.29, 0.717) is 0 Å². The van der Waals surface area contributed by atoms with Crippen LogP contribution in [-0.4, -0.2) is 29.6 Å². The fraction of sp³-hybridized carbons (Fsp3) is 0.625. The molecule has 0 fully saturated rings. The number of allylic oxidation sites excluding steroid dienone is 3. The first kappa shape index (κ1) is 18.6. The maximum Gasteiger partial charge on any atom is 0.313 e. The highest BCUT2D eigenvalue weighted by atomic mass is 16.5. The van der Waals surface area contributed by atoms with Crippen molar-refractivity contribution < 1.29 is 19.4 Å². The molecule has 0 rings (SSSR count). The Balaban J connectivity index is 3.83. The lowest BCUT2D eigenvalue weighted by Gasteiger charge is -2.04. The molecule has 0 saturated heterocycles. The molecular formula is C16H26O4. The van der Waals surface area contributed by atoms with E-state index in [0.717, 1.165) is 6.42 Å². The van der Waals surface area contributed by atoms with Crippen LogP contribution in [0.15, 0.2) is 24.3 Å². The third kappa shape index (κ3) is 11.7. The largest absolute Gasteiger partial charge is 0.466 e. The molecule has 1 atom stereocenters. The average Bonchev–Trinajstić information content (AvgIpc) is 2.37. The Hall–Kier alpha value is -1.42. The topological polar surface area (TPSA) is 63.6 Å². The Morgan fingerprint density at radius 3 is 2.60 bits per heavy atom. The summed E-state index contributed by atoms with van der Waals surface area (Å²) in [7, 11) is 0. The quantitative estimate of drug-likeness (QED) is 0.274. The maximum absolute atomic E-state index is 11.4. The highest BCUT2D eigenvalue weighted by Crippen LogP contribution is 2.02. The number of ether oxygens (including phenoxy) is 1. The van der Waals surface area contributed by atoms with Crippen molar-refractivity contribution in [2.24, 2.45) is 0 Å². The molecule has 0 aliphatic carbocycles. The first-order valence-corrected chi connectivity index (χ1v) is 7.28. The van der Waals surface area contributed by atoms with Gasteiger partial charge in [0.1, 0.15) is 12.2 Å². The first-order valence-electron chi connectivity index (χ1n) is 7.28. The van der Waals surface area contributed by atoms with Gasteiger partial charge >= 0.3 is 5.97 Å². The molecule has 0 spiro atoms. The van der Waals surface area contributed by atoms with Crippen molar-refractivity contribution in [2.75, 3.05) is 6.61 Å². The van der Waals surface area contributed by atoms with Crippen LogP contribution in [0.5, 0.6) is 0 Å². The number of unbranched alkanes of at least 4 members (excludes halogenated alkanes) is 3. The Kier molecular flexibility index (Phi) is 11.7. The summed E-state index contributed by atoms with van der Waals surface area (Å²) in [4.78, 5) is 22.5. The molecule has 0 heterocycles. The van der Waals surface area contributed by atoms with Crippen LogP contribution in [0.2, 0.25) is 0 Å². The number of Topliss-reactive ketones (excluding diaryl/α,β-unsaturated/α-hetero) is 1.